The minimum absolute atomic E-state index is 0.172. The zero-order valence-corrected chi connectivity index (χ0v) is 11.6. The van der Waals surface area contributed by atoms with E-state index in [1.165, 1.54) is 15.9 Å². The molecule has 1 aromatic carbocycles. The van der Waals surface area contributed by atoms with Crippen molar-refractivity contribution in [2.24, 2.45) is 0 Å². The molecule has 0 aliphatic heterocycles. The second-order valence-electron chi connectivity index (χ2n) is 4.10. The van der Waals surface area contributed by atoms with Crippen LogP contribution in [0.4, 0.5) is 10.5 Å². The second-order valence-corrected chi connectivity index (χ2v) is 4.10. The Morgan fingerprint density at radius 1 is 1.35 bits per heavy atom. The summed E-state index contributed by atoms with van der Waals surface area (Å²) in [6, 6.07) is 6.51. The number of carboxylic acid groups (broad SMARTS) is 1. The van der Waals surface area contributed by atoms with Crippen molar-refractivity contribution >= 4 is 17.7 Å². The van der Waals surface area contributed by atoms with Gasteiger partial charge >= 0.3 is 12.0 Å². The molecule has 0 unspecified atom stereocenters. The van der Waals surface area contributed by atoms with Crippen molar-refractivity contribution in [3.63, 3.8) is 0 Å². The summed E-state index contributed by atoms with van der Waals surface area (Å²) < 4.78 is 5.04. The molecule has 0 aromatic heterocycles. The smallest absolute Gasteiger partial charge is 0.325 e. The van der Waals surface area contributed by atoms with Gasteiger partial charge in [-0.05, 0) is 24.3 Å². The van der Waals surface area contributed by atoms with E-state index in [2.05, 4.69) is 6.58 Å². The van der Waals surface area contributed by atoms with E-state index in [-0.39, 0.29) is 13.1 Å². The van der Waals surface area contributed by atoms with Crippen LogP contribution in [-0.4, -0.2) is 49.3 Å². The van der Waals surface area contributed by atoms with Gasteiger partial charge in [-0.2, -0.15) is 0 Å². The summed E-state index contributed by atoms with van der Waals surface area (Å²) in [5.74, 6) is -0.383. The fourth-order valence-electron chi connectivity index (χ4n) is 1.66. The molecule has 20 heavy (non-hydrogen) atoms. The van der Waals surface area contributed by atoms with Crippen molar-refractivity contribution in [2.75, 3.05) is 32.1 Å². The maximum atomic E-state index is 12.2. The lowest BCUT2D eigenvalue weighted by Crippen LogP contribution is -2.43. The third-order valence-corrected chi connectivity index (χ3v) is 2.69. The molecule has 6 nitrogen and oxygen atoms in total. The number of hydrogen-bond acceptors (Lipinski definition) is 3. The molecule has 6 heteroatoms. The lowest BCUT2D eigenvalue weighted by Gasteiger charge is -2.26. The molecular weight excluding hydrogens is 260 g/mol. The van der Waals surface area contributed by atoms with E-state index in [1.807, 2.05) is 0 Å². The molecule has 0 bridgehead atoms. The molecule has 0 fully saturated rings. The van der Waals surface area contributed by atoms with E-state index in [4.69, 9.17) is 9.84 Å². The monoisotopic (exact) mass is 278 g/mol. The van der Waals surface area contributed by atoms with E-state index >= 15 is 0 Å². The Labute approximate surface area is 117 Å². The van der Waals surface area contributed by atoms with Crippen LogP contribution in [0.15, 0.2) is 36.9 Å². The summed E-state index contributed by atoms with van der Waals surface area (Å²) in [5, 5.41) is 8.82. The van der Waals surface area contributed by atoms with Gasteiger partial charge in [0.2, 0.25) is 0 Å². The van der Waals surface area contributed by atoms with E-state index in [0.717, 1.165) is 0 Å². The summed E-state index contributed by atoms with van der Waals surface area (Å²) in [6.45, 7) is 3.33. The minimum Gasteiger partial charge on any atom is -0.497 e. The molecule has 2 amide bonds. The fourth-order valence-corrected chi connectivity index (χ4v) is 1.66. The van der Waals surface area contributed by atoms with Crippen molar-refractivity contribution in [1.29, 1.82) is 0 Å². The third kappa shape index (κ3) is 4.01. The standard InChI is InChI=1S/C14H18N2O4/c1-4-9-16(10-13(17)18)14(19)15(2)11-5-7-12(20-3)8-6-11/h4-8H,1,9-10H2,2-3H3,(H,17,18). The first kappa shape index (κ1) is 15.6. The molecule has 108 valence electrons. The van der Waals surface area contributed by atoms with Crippen molar-refractivity contribution < 1.29 is 19.4 Å². The molecule has 0 aliphatic carbocycles. The molecule has 0 atom stereocenters. The zero-order chi connectivity index (χ0) is 15.1. The third-order valence-electron chi connectivity index (χ3n) is 2.69. The maximum Gasteiger partial charge on any atom is 0.325 e. The zero-order valence-electron chi connectivity index (χ0n) is 11.6. The SMILES string of the molecule is C=CCN(CC(=O)O)C(=O)N(C)c1ccc(OC)cc1. The Balaban J connectivity index is 2.85. The van der Waals surface area contributed by atoms with E-state index < -0.39 is 12.0 Å². The van der Waals surface area contributed by atoms with Gasteiger partial charge in [0, 0.05) is 19.3 Å². The lowest BCUT2D eigenvalue weighted by molar-refractivity contribution is -0.137. The average molecular weight is 278 g/mol. The van der Waals surface area contributed by atoms with Crippen LogP contribution in [0.1, 0.15) is 0 Å². The lowest BCUT2D eigenvalue weighted by atomic mass is 10.3. The van der Waals surface area contributed by atoms with E-state index in [0.29, 0.717) is 11.4 Å². The molecule has 0 saturated carbocycles. The number of aliphatic carboxylic acids is 1. The van der Waals surface area contributed by atoms with Gasteiger partial charge < -0.3 is 14.7 Å². The van der Waals surface area contributed by atoms with Gasteiger partial charge in [-0.3, -0.25) is 9.69 Å². The number of urea groups is 1. The predicted molar refractivity (Wildman–Crippen MR) is 76.2 cm³/mol. The quantitative estimate of drug-likeness (QED) is 0.806. The number of hydrogen-bond donors (Lipinski definition) is 1. The van der Waals surface area contributed by atoms with Crippen LogP contribution in [0.2, 0.25) is 0 Å². The van der Waals surface area contributed by atoms with Crippen LogP contribution in [0.3, 0.4) is 0 Å². The highest BCUT2D eigenvalue weighted by molar-refractivity contribution is 5.93. The van der Waals surface area contributed by atoms with Gasteiger partial charge in [-0.1, -0.05) is 6.08 Å². The minimum atomic E-state index is -1.07. The summed E-state index contributed by atoms with van der Waals surface area (Å²) in [6.07, 6.45) is 1.49. The van der Waals surface area contributed by atoms with Crippen molar-refractivity contribution in [1.82, 2.24) is 4.90 Å². The second kappa shape index (κ2) is 7.18. The molecule has 1 rings (SSSR count). The Kier molecular flexibility index (Phi) is 5.58. The first-order valence-corrected chi connectivity index (χ1v) is 5.99. The van der Waals surface area contributed by atoms with Crippen molar-refractivity contribution in [3.05, 3.63) is 36.9 Å². The van der Waals surface area contributed by atoms with Gasteiger partial charge in [0.05, 0.1) is 7.11 Å². The number of nitrogens with zero attached hydrogens (tertiary/aromatic N) is 2. The summed E-state index contributed by atoms with van der Waals surface area (Å²) in [4.78, 5) is 25.6. The molecule has 0 heterocycles. The number of carbonyl (C=O) groups excluding carboxylic acids is 1. The van der Waals surface area contributed by atoms with Crippen LogP contribution in [-0.2, 0) is 4.79 Å². The summed E-state index contributed by atoms with van der Waals surface area (Å²) in [5.41, 5.74) is 0.648. The molecular formula is C14H18N2O4. The summed E-state index contributed by atoms with van der Waals surface area (Å²) in [7, 11) is 3.14. The first-order valence-electron chi connectivity index (χ1n) is 5.99. The highest BCUT2D eigenvalue weighted by Crippen LogP contribution is 2.19. The molecule has 1 N–H and O–H groups in total. The summed E-state index contributed by atoms with van der Waals surface area (Å²) >= 11 is 0. The predicted octanol–water partition coefficient (Wildman–Crippen LogP) is 1.82. The Bertz CT molecular complexity index is 484. The topological polar surface area (TPSA) is 70.1 Å². The van der Waals surface area contributed by atoms with Crippen LogP contribution in [0, 0.1) is 0 Å². The molecule has 0 saturated heterocycles. The Hall–Kier alpha value is -2.50. The highest BCUT2D eigenvalue weighted by Gasteiger charge is 2.20. The van der Waals surface area contributed by atoms with Crippen LogP contribution >= 0.6 is 0 Å². The van der Waals surface area contributed by atoms with Gasteiger partial charge in [-0.15, -0.1) is 6.58 Å². The number of ether oxygens (including phenoxy) is 1. The number of rotatable bonds is 6. The number of carbonyl (C=O) groups is 2. The number of methoxy groups -OCH3 is 1. The van der Waals surface area contributed by atoms with Crippen LogP contribution in [0.5, 0.6) is 5.75 Å². The number of anilines is 1. The average Bonchev–Trinajstić information content (AvgIpc) is 2.45. The van der Waals surface area contributed by atoms with Gasteiger partial charge in [0.1, 0.15) is 12.3 Å². The fraction of sp³-hybridized carbons (Fsp3) is 0.286. The van der Waals surface area contributed by atoms with Crippen LogP contribution < -0.4 is 9.64 Å². The van der Waals surface area contributed by atoms with Crippen LogP contribution in [0.25, 0.3) is 0 Å². The number of amides is 2. The van der Waals surface area contributed by atoms with Gasteiger partial charge in [-0.25, -0.2) is 4.79 Å². The molecule has 1 aromatic rings. The molecule has 0 spiro atoms. The number of carboxylic acids is 1. The first-order chi connectivity index (χ1) is 9.49. The van der Waals surface area contributed by atoms with Crippen molar-refractivity contribution in [3.8, 4) is 5.75 Å². The largest absolute Gasteiger partial charge is 0.497 e. The Morgan fingerprint density at radius 3 is 2.40 bits per heavy atom. The highest BCUT2D eigenvalue weighted by atomic mass is 16.5. The number of benzene rings is 1. The van der Waals surface area contributed by atoms with E-state index in [1.54, 1.807) is 38.4 Å². The molecule has 0 radical (unpaired) electrons. The maximum absolute atomic E-state index is 12.2. The van der Waals surface area contributed by atoms with Crippen molar-refractivity contribution in [2.45, 2.75) is 0 Å². The Morgan fingerprint density at radius 2 is 1.95 bits per heavy atom. The van der Waals surface area contributed by atoms with Gasteiger partial charge in [0.15, 0.2) is 0 Å². The van der Waals surface area contributed by atoms with Gasteiger partial charge in [0.25, 0.3) is 0 Å². The normalized spacial score (nSPS) is 9.70. The molecule has 0 aliphatic rings. The van der Waals surface area contributed by atoms with E-state index in [9.17, 15) is 9.59 Å².